The molecule has 3 nitrogen and oxygen atoms in total. The van der Waals surface area contributed by atoms with Gasteiger partial charge in [-0.2, -0.15) is 0 Å². The third-order valence-corrected chi connectivity index (χ3v) is 2.74. The highest BCUT2D eigenvalue weighted by Crippen LogP contribution is 2.08. The SMILES string of the molecule is CCCNS(=O)c1ccc(N)cc1. The minimum Gasteiger partial charge on any atom is -0.399 e. The Hall–Kier alpha value is -0.870. The molecule has 0 aliphatic heterocycles. The molecule has 4 heteroatoms. The van der Waals surface area contributed by atoms with E-state index in [9.17, 15) is 4.21 Å². The molecule has 0 heterocycles. The van der Waals surface area contributed by atoms with Crippen molar-refractivity contribution in [1.82, 2.24) is 4.72 Å². The van der Waals surface area contributed by atoms with Gasteiger partial charge >= 0.3 is 0 Å². The molecule has 13 heavy (non-hydrogen) atoms. The first-order valence-electron chi connectivity index (χ1n) is 4.25. The summed E-state index contributed by atoms with van der Waals surface area (Å²) >= 11 is 0. The highest BCUT2D eigenvalue weighted by molar-refractivity contribution is 7.83. The first-order chi connectivity index (χ1) is 6.24. The molecule has 3 N–H and O–H groups in total. The van der Waals surface area contributed by atoms with Crippen LogP contribution >= 0.6 is 0 Å². The summed E-state index contributed by atoms with van der Waals surface area (Å²) in [5.74, 6) is 0. The van der Waals surface area contributed by atoms with Crippen molar-refractivity contribution < 1.29 is 4.21 Å². The zero-order valence-corrected chi connectivity index (χ0v) is 8.43. The minimum atomic E-state index is -1.10. The van der Waals surface area contributed by atoms with Crippen molar-refractivity contribution in [3.63, 3.8) is 0 Å². The molecule has 0 aliphatic carbocycles. The topological polar surface area (TPSA) is 55.1 Å². The number of nitrogens with two attached hydrogens (primary N) is 1. The fraction of sp³-hybridized carbons (Fsp3) is 0.333. The van der Waals surface area contributed by atoms with Crippen LogP contribution in [0.4, 0.5) is 5.69 Å². The molecule has 1 rings (SSSR count). The monoisotopic (exact) mass is 198 g/mol. The normalized spacial score (nSPS) is 12.7. The maximum Gasteiger partial charge on any atom is 0.124 e. The Labute approximate surface area is 80.9 Å². The summed E-state index contributed by atoms with van der Waals surface area (Å²) < 4.78 is 14.4. The fourth-order valence-electron chi connectivity index (χ4n) is 0.870. The second kappa shape index (κ2) is 4.99. The number of rotatable bonds is 4. The average Bonchev–Trinajstić information content (AvgIpc) is 2.15. The Kier molecular flexibility index (Phi) is 3.92. The molecular weight excluding hydrogens is 184 g/mol. The van der Waals surface area contributed by atoms with Crippen molar-refractivity contribution in [3.05, 3.63) is 24.3 Å². The molecular formula is C9H14N2OS. The number of benzene rings is 1. The summed E-state index contributed by atoms with van der Waals surface area (Å²) in [6, 6.07) is 7.05. The number of nitrogen functional groups attached to an aromatic ring is 1. The van der Waals surface area contributed by atoms with E-state index in [0.717, 1.165) is 17.9 Å². The summed E-state index contributed by atoms with van der Waals surface area (Å²) in [4.78, 5) is 0.766. The van der Waals surface area contributed by atoms with Crippen LogP contribution in [0.2, 0.25) is 0 Å². The maximum atomic E-state index is 11.5. The molecule has 0 fully saturated rings. The largest absolute Gasteiger partial charge is 0.399 e. The van der Waals surface area contributed by atoms with E-state index in [1.165, 1.54) is 0 Å². The molecule has 0 bridgehead atoms. The predicted molar refractivity (Wildman–Crippen MR) is 55.6 cm³/mol. The quantitative estimate of drug-likeness (QED) is 0.716. The average molecular weight is 198 g/mol. The summed E-state index contributed by atoms with van der Waals surface area (Å²) in [6.45, 7) is 2.80. The van der Waals surface area contributed by atoms with Crippen molar-refractivity contribution in [1.29, 1.82) is 0 Å². The molecule has 0 saturated heterocycles. The van der Waals surface area contributed by atoms with Gasteiger partial charge in [0.15, 0.2) is 0 Å². The van der Waals surface area contributed by atoms with Crippen LogP contribution in [0.3, 0.4) is 0 Å². The summed E-state index contributed by atoms with van der Waals surface area (Å²) in [5, 5.41) is 0. The van der Waals surface area contributed by atoms with Crippen LogP contribution in [0.25, 0.3) is 0 Å². The van der Waals surface area contributed by atoms with Crippen LogP contribution in [0.5, 0.6) is 0 Å². The zero-order chi connectivity index (χ0) is 9.68. The third-order valence-electron chi connectivity index (χ3n) is 1.58. The number of hydrogen-bond donors (Lipinski definition) is 2. The minimum absolute atomic E-state index is 0.691. The van der Waals surface area contributed by atoms with Gasteiger partial charge in [-0.25, -0.2) is 8.93 Å². The number of nitrogens with one attached hydrogen (secondary N) is 1. The first kappa shape index (κ1) is 10.2. The van der Waals surface area contributed by atoms with Gasteiger partial charge in [0.2, 0.25) is 0 Å². The van der Waals surface area contributed by atoms with Gasteiger partial charge in [0.1, 0.15) is 11.0 Å². The van der Waals surface area contributed by atoms with Crippen LogP contribution in [0.15, 0.2) is 29.2 Å². The smallest absolute Gasteiger partial charge is 0.124 e. The van der Waals surface area contributed by atoms with E-state index in [4.69, 9.17) is 5.73 Å². The fourth-order valence-corrected chi connectivity index (χ4v) is 1.81. The van der Waals surface area contributed by atoms with Gasteiger partial charge < -0.3 is 5.73 Å². The second-order valence-corrected chi connectivity index (χ2v) is 4.03. The molecule has 1 unspecified atom stereocenters. The molecule has 0 aliphatic rings. The van der Waals surface area contributed by atoms with E-state index in [0.29, 0.717) is 5.69 Å². The Morgan fingerprint density at radius 2 is 2.00 bits per heavy atom. The van der Waals surface area contributed by atoms with E-state index >= 15 is 0 Å². The van der Waals surface area contributed by atoms with Gasteiger partial charge in [-0.3, -0.25) is 0 Å². The van der Waals surface area contributed by atoms with E-state index in [1.54, 1.807) is 24.3 Å². The lowest BCUT2D eigenvalue weighted by atomic mass is 10.3. The van der Waals surface area contributed by atoms with Gasteiger partial charge in [0, 0.05) is 12.2 Å². The second-order valence-electron chi connectivity index (χ2n) is 2.73. The van der Waals surface area contributed by atoms with E-state index < -0.39 is 11.0 Å². The Bertz CT molecular complexity index is 284. The van der Waals surface area contributed by atoms with Gasteiger partial charge in [-0.15, -0.1) is 0 Å². The van der Waals surface area contributed by atoms with Crippen LogP contribution in [0.1, 0.15) is 13.3 Å². The summed E-state index contributed by atoms with van der Waals surface area (Å²) in [6.07, 6.45) is 0.973. The van der Waals surface area contributed by atoms with Gasteiger partial charge in [0.05, 0.1) is 4.90 Å². The molecule has 1 aromatic rings. The van der Waals surface area contributed by atoms with Crippen LogP contribution in [-0.4, -0.2) is 10.8 Å². The molecule has 0 radical (unpaired) electrons. The molecule has 1 aromatic carbocycles. The van der Waals surface area contributed by atoms with Gasteiger partial charge in [-0.05, 0) is 30.7 Å². The highest BCUT2D eigenvalue weighted by atomic mass is 32.2. The third kappa shape index (κ3) is 3.16. The maximum absolute atomic E-state index is 11.5. The summed E-state index contributed by atoms with van der Waals surface area (Å²) in [7, 11) is -1.10. The van der Waals surface area contributed by atoms with E-state index in [2.05, 4.69) is 4.72 Å². The Morgan fingerprint density at radius 1 is 1.38 bits per heavy atom. The van der Waals surface area contributed by atoms with Crippen molar-refractivity contribution >= 4 is 16.7 Å². The zero-order valence-electron chi connectivity index (χ0n) is 7.62. The van der Waals surface area contributed by atoms with Crippen molar-refractivity contribution in [2.24, 2.45) is 0 Å². The van der Waals surface area contributed by atoms with Crippen LogP contribution in [-0.2, 0) is 11.0 Å². The van der Waals surface area contributed by atoms with E-state index in [-0.39, 0.29) is 0 Å². The van der Waals surface area contributed by atoms with E-state index in [1.807, 2.05) is 6.92 Å². The molecule has 0 aromatic heterocycles. The lowest BCUT2D eigenvalue weighted by Crippen LogP contribution is -2.17. The predicted octanol–water partition coefficient (Wildman–Crippen LogP) is 1.29. The molecule has 0 saturated carbocycles. The molecule has 1 atom stereocenters. The van der Waals surface area contributed by atoms with Crippen molar-refractivity contribution in [2.45, 2.75) is 18.2 Å². The van der Waals surface area contributed by atoms with Crippen molar-refractivity contribution in [2.75, 3.05) is 12.3 Å². The Morgan fingerprint density at radius 3 is 2.54 bits per heavy atom. The number of anilines is 1. The summed E-state index contributed by atoms with van der Waals surface area (Å²) in [5.41, 5.74) is 6.20. The lowest BCUT2D eigenvalue weighted by molar-refractivity contribution is 0.670. The van der Waals surface area contributed by atoms with Gasteiger partial charge in [-0.1, -0.05) is 6.92 Å². The molecule has 72 valence electrons. The standard InChI is InChI=1S/C9H14N2OS/c1-2-7-11-13(12)9-5-3-8(10)4-6-9/h3-6,11H,2,7,10H2,1H3. The first-order valence-corrected chi connectivity index (χ1v) is 5.40. The van der Waals surface area contributed by atoms with Gasteiger partial charge in [0.25, 0.3) is 0 Å². The van der Waals surface area contributed by atoms with Crippen LogP contribution < -0.4 is 10.5 Å². The number of hydrogen-bond acceptors (Lipinski definition) is 2. The highest BCUT2D eigenvalue weighted by Gasteiger charge is 2.00. The Balaban J connectivity index is 2.61. The van der Waals surface area contributed by atoms with Crippen molar-refractivity contribution in [3.8, 4) is 0 Å². The molecule has 0 spiro atoms. The lowest BCUT2D eigenvalue weighted by Gasteiger charge is -2.02. The van der Waals surface area contributed by atoms with Crippen LogP contribution in [0, 0.1) is 0 Å². The molecule has 0 amide bonds.